The topological polar surface area (TPSA) is 73.9 Å². The number of carbonyl (C=O) groups is 2. The Kier molecular flexibility index (Phi) is 5.61. The van der Waals surface area contributed by atoms with E-state index in [1.807, 2.05) is 0 Å². The highest BCUT2D eigenvalue weighted by atomic mass is 35.5. The zero-order valence-corrected chi connectivity index (χ0v) is 15.0. The smallest absolute Gasteiger partial charge is 0.331 e. The van der Waals surface area contributed by atoms with Crippen molar-refractivity contribution < 1.29 is 28.2 Å². The van der Waals surface area contributed by atoms with E-state index >= 15 is 0 Å². The standard InChI is InChI=1S/C19H15ClFNO5/c1-11(19(24)22-13-4-6-16-17(9-13)26-10-25-16)27-18(23)7-3-12-2-5-15(21)14(20)8-12/h2-9,11H,10H2,1H3,(H,22,24)/b7-3+/t11-/m0/s1. The normalized spacial score (nSPS) is 13.4. The van der Waals surface area contributed by atoms with Gasteiger partial charge in [0.05, 0.1) is 5.02 Å². The first kappa shape index (κ1) is 18.7. The van der Waals surface area contributed by atoms with Crippen LogP contribution in [0.25, 0.3) is 6.08 Å². The number of halogens is 2. The Labute approximate surface area is 159 Å². The number of esters is 1. The maximum atomic E-state index is 13.1. The molecular formula is C19H15ClFNO5. The number of rotatable bonds is 5. The van der Waals surface area contributed by atoms with Gasteiger partial charge in [0.1, 0.15) is 5.82 Å². The third kappa shape index (κ3) is 4.77. The molecule has 1 N–H and O–H groups in total. The molecule has 3 rings (SSSR count). The lowest BCUT2D eigenvalue weighted by atomic mass is 10.2. The molecule has 0 fully saturated rings. The molecule has 0 radical (unpaired) electrons. The highest BCUT2D eigenvalue weighted by Gasteiger charge is 2.19. The quantitative estimate of drug-likeness (QED) is 0.620. The number of fused-ring (bicyclic) bond motifs is 1. The number of ether oxygens (including phenoxy) is 3. The monoisotopic (exact) mass is 391 g/mol. The van der Waals surface area contributed by atoms with Gasteiger partial charge in [-0.05, 0) is 42.8 Å². The van der Waals surface area contributed by atoms with Gasteiger partial charge in [-0.15, -0.1) is 0 Å². The summed E-state index contributed by atoms with van der Waals surface area (Å²) in [6.07, 6.45) is 1.52. The highest BCUT2D eigenvalue weighted by Crippen LogP contribution is 2.34. The van der Waals surface area contributed by atoms with Gasteiger partial charge in [0.25, 0.3) is 5.91 Å². The third-order valence-corrected chi connectivity index (χ3v) is 3.95. The number of hydrogen-bond acceptors (Lipinski definition) is 5. The number of benzene rings is 2. The van der Waals surface area contributed by atoms with E-state index in [2.05, 4.69) is 5.32 Å². The van der Waals surface area contributed by atoms with Crippen LogP contribution in [0.3, 0.4) is 0 Å². The summed E-state index contributed by atoms with van der Waals surface area (Å²) in [5, 5.41) is 2.58. The molecule has 0 aromatic heterocycles. The van der Waals surface area contributed by atoms with E-state index < -0.39 is 23.8 Å². The Morgan fingerprint density at radius 3 is 2.78 bits per heavy atom. The minimum atomic E-state index is -1.02. The molecule has 0 unspecified atom stereocenters. The average molecular weight is 392 g/mol. The minimum absolute atomic E-state index is 0.0537. The Hall–Kier alpha value is -3.06. The van der Waals surface area contributed by atoms with Crippen molar-refractivity contribution in [3.8, 4) is 11.5 Å². The van der Waals surface area contributed by atoms with Crippen molar-refractivity contribution in [1.82, 2.24) is 0 Å². The van der Waals surface area contributed by atoms with Crippen molar-refractivity contribution in [2.24, 2.45) is 0 Å². The van der Waals surface area contributed by atoms with Crippen LogP contribution in [0.2, 0.25) is 5.02 Å². The maximum Gasteiger partial charge on any atom is 0.331 e. The highest BCUT2D eigenvalue weighted by molar-refractivity contribution is 6.30. The van der Waals surface area contributed by atoms with Crippen molar-refractivity contribution in [3.63, 3.8) is 0 Å². The van der Waals surface area contributed by atoms with Crippen LogP contribution in [0.4, 0.5) is 10.1 Å². The first-order chi connectivity index (χ1) is 12.9. The molecule has 1 aliphatic rings. The van der Waals surface area contributed by atoms with E-state index in [1.165, 1.54) is 31.2 Å². The lowest BCUT2D eigenvalue weighted by molar-refractivity contribution is -0.148. The first-order valence-corrected chi connectivity index (χ1v) is 8.34. The Morgan fingerprint density at radius 1 is 1.22 bits per heavy atom. The molecule has 1 heterocycles. The van der Waals surface area contributed by atoms with E-state index in [9.17, 15) is 14.0 Å². The minimum Gasteiger partial charge on any atom is -0.454 e. The van der Waals surface area contributed by atoms with Gasteiger partial charge in [0.15, 0.2) is 17.6 Å². The molecule has 1 aliphatic heterocycles. The molecule has 0 saturated carbocycles. The molecule has 6 nitrogen and oxygen atoms in total. The summed E-state index contributed by atoms with van der Waals surface area (Å²) < 4.78 is 28.6. The SMILES string of the molecule is C[C@H](OC(=O)/C=C/c1ccc(F)c(Cl)c1)C(=O)Nc1ccc2c(c1)OCO2. The van der Waals surface area contributed by atoms with Gasteiger partial charge in [-0.1, -0.05) is 17.7 Å². The van der Waals surface area contributed by atoms with Crippen LogP contribution in [0.1, 0.15) is 12.5 Å². The summed E-state index contributed by atoms with van der Waals surface area (Å²) in [6.45, 7) is 1.58. The van der Waals surface area contributed by atoms with Crippen LogP contribution in [-0.2, 0) is 14.3 Å². The Morgan fingerprint density at radius 2 is 2.00 bits per heavy atom. The second-order valence-corrected chi connectivity index (χ2v) is 6.05. The van der Waals surface area contributed by atoms with Crippen LogP contribution in [-0.4, -0.2) is 24.8 Å². The number of anilines is 1. The van der Waals surface area contributed by atoms with Gasteiger partial charge in [-0.25, -0.2) is 9.18 Å². The van der Waals surface area contributed by atoms with Crippen molar-refractivity contribution in [3.05, 3.63) is 58.9 Å². The zero-order chi connectivity index (χ0) is 19.4. The molecule has 1 atom stereocenters. The van der Waals surface area contributed by atoms with E-state index in [-0.39, 0.29) is 11.8 Å². The summed E-state index contributed by atoms with van der Waals surface area (Å²) in [5.41, 5.74) is 1.01. The number of hydrogen-bond donors (Lipinski definition) is 1. The van der Waals surface area contributed by atoms with Crippen molar-refractivity contribution in [2.75, 3.05) is 12.1 Å². The third-order valence-electron chi connectivity index (χ3n) is 3.66. The first-order valence-electron chi connectivity index (χ1n) is 7.96. The van der Waals surface area contributed by atoms with Gasteiger partial charge >= 0.3 is 5.97 Å². The molecule has 2 aromatic rings. The van der Waals surface area contributed by atoms with Gasteiger partial charge in [0.2, 0.25) is 6.79 Å². The summed E-state index contributed by atoms with van der Waals surface area (Å²) in [5.74, 6) is -0.647. The average Bonchev–Trinajstić information content (AvgIpc) is 3.10. The molecule has 140 valence electrons. The molecule has 2 aromatic carbocycles. The molecule has 1 amide bonds. The Bertz CT molecular complexity index is 915. The molecular weight excluding hydrogens is 377 g/mol. The van der Waals surface area contributed by atoms with E-state index in [1.54, 1.807) is 18.2 Å². The molecule has 0 spiro atoms. The van der Waals surface area contributed by atoms with Crippen molar-refractivity contribution in [1.29, 1.82) is 0 Å². The largest absolute Gasteiger partial charge is 0.454 e. The lowest BCUT2D eigenvalue weighted by Crippen LogP contribution is -2.29. The molecule has 8 heteroatoms. The summed E-state index contributed by atoms with van der Waals surface area (Å²) in [6, 6.07) is 8.96. The predicted octanol–water partition coefficient (Wildman–Crippen LogP) is 3.79. The fourth-order valence-corrected chi connectivity index (χ4v) is 2.45. The summed E-state index contributed by atoms with van der Waals surface area (Å²) >= 11 is 5.67. The van der Waals surface area contributed by atoms with Crippen molar-refractivity contribution in [2.45, 2.75) is 13.0 Å². The predicted molar refractivity (Wildman–Crippen MR) is 97.2 cm³/mol. The zero-order valence-electron chi connectivity index (χ0n) is 14.2. The van der Waals surface area contributed by atoms with Gasteiger partial charge in [-0.3, -0.25) is 4.79 Å². The fourth-order valence-electron chi connectivity index (χ4n) is 2.27. The number of nitrogens with one attached hydrogen (secondary N) is 1. The maximum absolute atomic E-state index is 13.1. The van der Waals surface area contributed by atoms with Gasteiger partial charge < -0.3 is 19.5 Å². The second kappa shape index (κ2) is 8.09. The second-order valence-electron chi connectivity index (χ2n) is 5.64. The van der Waals surface area contributed by atoms with Crippen LogP contribution in [0.15, 0.2) is 42.5 Å². The fraction of sp³-hybridized carbons (Fsp3) is 0.158. The van der Waals surface area contributed by atoms with Crippen LogP contribution >= 0.6 is 11.6 Å². The lowest BCUT2D eigenvalue weighted by Gasteiger charge is -2.12. The summed E-state index contributed by atoms with van der Waals surface area (Å²) in [4.78, 5) is 24.0. The van der Waals surface area contributed by atoms with E-state index in [0.29, 0.717) is 22.7 Å². The number of carbonyl (C=O) groups excluding carboxylic acids is 2. The molecule has 0 bridgehead atoms. The number of amides is 1. The summed E-state index contributed by atoms with van der Waals surface area (Å²) in [7, 11) is 0. The van der Waals surface area contributed by atoms with Crippen LogP contribution < -0.4 is 14.8 Å². The van der Waals surface area contributed by atoms with Gasteiger partial charge in [-0.2, -0.15) is 0 Å². The Balaban J connectivity index is 1.54. The van der Waals surface area contributed by atoms with Gasteiger partial charge in [0, 0.05) is 17.8 Å². The van der Waals surface area contributed by atoms with E-state index in [0.717, 1.165) is 6.08 Å². The molecule has 0 saturated heterocycles. The molecule has 27 heavy (non-hydrogen) atoms. The van der Waals surface area contributed by atoms with Crippen LogP contribution in [0, 0.1) is 5.82 Å². The molecule has 0 aliphatic carbocycles. The van der Waals surface area contributed by atoms with E-state index in [4.69, 9.17) is 25.8 Å². The van der Waals surface area contributed by atoms with Crippen LogP contribution in [0.5, 0.6) is 11.5 Å². The van der Waals surface area contributed by atoms with Crippen molar-refractivity contribution >= 4 is 35.2 Å².